The van der Waals surface area contributed by atoms with E-state index in [1.807, 2.05) is 6.92 Å². The van der Waals surface area contributed by atoms with Gasteiger partial charge >= 0.3 is 0 Å². The van der Waals surface area contributed by atoms with Crippen molar-refractivity contribution in [2.75, 3.05) is 13.2 Å². The van der Waals surface area contributed by atoms with E-state index in [1.54, 1.807) is 12.1 Å². The van der Waals surface area contributed by atoms with Crippen molar-refractivity contribution >= 4 is 16.9 Å². The predicted octanol–water partition coefficient (Wildman–Crippen LogP) is 1.38. The summed E-state index contributed by atoms with van der Waals surface area (Å²) in [5.41, 5.74) is 0.936. The zero-order valence-electron chi connectivity index (χ0n) is 11.3. The van der Waals surface area contributed by atoms with Crippen molar-refractivity contribution in [1.29, 1.82) is 0 Å². The molecule has 3 N–H and O–H groups in total. The molecule has 1 unspecified atom stereocenters. The van der Waals surface area contributed by atoms with E-state index in [4.69, 9.17) is 5.11 Å². The van der Waals surface area contributed by atoms with E-state index in [0.717, 1.165) is 0 Å². The van der Waals surface area contributed by atoms with Crippen LogP contribution in [0.25, 0.3) is 11.0 Å². The number of nitrogens with zero attached hydrogens (tertiary/aromatic N) is 1. The maximum absolute atomic E-state index is 13.5. The maximum Gasteiger partial charge on any atom is 0.220 e. The third-order valence-electron chi connectivity index (χ3n) is 3.06. The van der Waals surface area contributed by atoms with Gasteiger partial charge in [-0.25, -0.2) is 9.37 Å². The fraction of sp³-hybridized carbons (Fsp3) is 0.429. The van der Waals surface area contributed by atoms with Crippen LogP contribution in [-0.2, 0) is 11.2 Å². The Kier molecular flexibility index (Phi) is 4.68. The Hall–Kier alpha value is -1.95. The Morgan fingerprint density at radius 2 is 2.35 bits per heavy atom. The summed E-state index contributed by atoms with van der Waals surface area (Å²) in [6.45, 7) is 2.34. The smallest absolute Gasteiger partial charge is 0.220 e. The molecule has 0 aliphatic heterocycles. The molecule has 1 aromatic carbocycles. The van der Waals surface area contributed by atoms with Gasteiger partial charge in [0.1, 0.15) is 11.3 Å². The number of carbonyl (C=O) groups excluding carboxylic acids is 1. The fourth-order valence-corrected chi connectivity index (χ4v) is 1.84. The van der Waals surface area contributed by atoms with Gasteiger partial charge in [0.15, 0.2) is 5.82 Å². The number of halogens is 1. The highest BCUT2D eigenvalue weighted by molar-refractivity contribution is 5.77. The molecule has 108 valence electrons. The Bertz CT molecular complexity index is 597. The number of aryl methyl sites for hydroxylation is 1. The molecular formula is C14H18FN3O2. The van der Waals surface area contributed by atoms with Crippen LogP contribution in [0.5, 0.6) is 0 Å². The third kappa shape index (κ3) is 3.54. The fourth-order valence-electron chi connectivity index (χ4n) is 1.84. The van der Waals surface area contributed by atoms with Crippen molar-refractivity contribution in [1.82, 2.24) is 15.3 Å². The summed E-state index contributed by atoms with van der Waals surface area (Å²) in [6.07, 6.45) is 0.701. The molecule has 1 aromatic heterocycles. The summed E-state index contributed by atoms with van der Waals surface area (Å²) in [7, 11) is 0. The minimum atomic E-state index is -0.369. The van der Waals surface area contributed by atoms with Crippen LogP contribution in [0.2, 0.25) is 0 Å². The largest absolute Gasteiger partial charge is 0.396 e. The quantitative estimate of drug-likeness (QED) is 0.747. The van der Waals surface area contributed by atoms with Gasteiger partial charge in [0.2, 0.25) is 5.91 Å². The SMILES string of the molecule is CC(CO)CNC(=O)CCc1nc2c(F)cccc2[nH]1. The Morgan fingerprint density at radius 1 is 1.55 bits per heavy atom. The highest BCUT2D eigenvalue weighted by atomic mass is 19.1. The lowest BCUT2D eigenvalue weighted by molar-refractivity contribution is -0.121. The van der Waals surface area contributed by atoms with Crippen LogP contribution in [-0.4, -0.2) is 34.1 Å². The number of aromatic amines is 1. The lowest BCUT2D eigenvalue weighted by atomic mass is 10.2. The van der Waals surface area contributed by atoms with E-state index < -0.39 is 0 Å². The summed E-state index contributed by atoms with van der Waals surface area (Å²) in [5.74, 6) is 0.159. The summed E-state index contributed by atoms with van der Waals surface area (Å²) in [5, 5.41) is 11.6. The van der Waals surface area contributed by atoms with E-state index in [-0.39, 0.29) is 30.7 Å². The number of fused-ring (bicyclic) bond motifs is 1. The Balaban J connectivity index is 1.89. The van der Waals surface area contributed by atoms with Gasteiger partial charge in [-0.05, 0) is 18.1 Å². The molecule has 0 saturated carbocycles. The molecule has 0 aliphatic rings. The normalized spacial score (nSPS) is 12.6. The lowest BCUT2D eigenvalue weighted by Crippen LogP contribution is -2.29. The second kappa shape index (κ2) is 6.47. The van der Waals surface area contributed by atoms with Crippen LogP contribution < -0.4 is 5.32 Å². The summed E-state index contributed by atoms with van der Waals surface area (Å²) in [6, 6.07) is 4.72. The topological polar surface area (TPSA) is 78.0 Å². The predicted molar refractivity (Wildman–Crippen MR) is 73.6 cm³/mol. The van der Waals surface area contributed by atoms with Crippen molar-refractivity contribution < 1.29 is 14.3 Å². The zero-order valence-corrected chi connectivity index (χ0v) is 11.3. The number of aliphatic hydroxyl groups is 1. The minimum Gasteiger partial charge on any atom is -0.396 e. The van der Waals surface area contributed by atoms with Crippen LogP contribution in [0, 0.1) is 11.7 Å². The first-order chi connectivity index (χ1) is 9.60. The number of para-hydroxylation sites is 1. The molecule has 6 heteroatoms. The third-order valence-corrected chi connectivity index (χ3v) is 3.06. The molecular weight excluding hydrogens is 261 g/mol. The molecule has 0 fully saturated rings. The van der Waals surface area contributed by atoms with Gasteiger partial charge in [-0.1, -0.05) is 13.0 Å². The number of carbonyl (C=O) groups is 1. The van der Waals surface area contributed by atoms with E-state index in [2.05, 4.69) is 15.3 Å². The van der Waals surface area contributed by atoms with E-state index in [1.165, 1.54) is 6.07 Å². The first kappa shape index (κ1) is 14.5. The van der Waals surface area contributed by atoms with Crippen LogP contribution >= 0.6 is 0 Å². The number of hydrogen-bond donors (Lipinski definition) is 3. The summed E-state index contributed by atoms with van der Waals surface area (Å²) in [4.78, 5) is 18.8. The highest BCUT2D eigenvalue weighted by Gasteiger charge is 2.09. The molecule has 1 amide bonds. The Morgan fingerprint density at radius 3 is 3.05 bits per heavy atom. The van der Waals surface area contributed by atoms with Crippen molar-refractivity contribution in [3.05, 3.63) is 29.8 Å². The average molecular weight is 279 g/mol. The monoisotopic (exact) mass is 279 g/mol. The second-order valence-corrected chi connectivity index (χ2v) is 4.91. The van der Waals surface area contributed by atoms with Gasteiger partial charge in [0.25, 0.3) is 0 Å². The minimum absolute atomic E-state index is 0.0410. The van der Waals surface area contributed by atoms with E-state index in [9.17, 15) is 9.18 Å². The molecule has 2 rings (SSSR count). The molecule has 0 spiro atoms. The van der Waals surface area contributed by atoms with Crippen molar-refractivity contribution in [2.24, 2.45) is 5.92 Å². The number of rotatable bonds is 6. The van der Waals surface area contributed by atoms with Gasteiger partial charge in [0.05, 0.1) is 5.52 Å². The highest BCUT2D eigenvalue weighted by Crippen LogP contribution is 2.15. The number of benzene rings is 1. The molecule has 0 bridgehead atoms. The molecule has 5 nitrogen and oxygen atoms in total. The molecule has 2 aromatic rings. The zero-order chi connectivity index (χ0) is 14.5. The number of amides is 1. The van der Waals surface area contributed by atoms with Crippen LogP contribution in [0.4, 0.5) is 4.39 Å². The first-order valence-corrected chi connectivity index (χ1v) is 6.61. The van der Waals surface area contributed by atoms with E-state index >= 15 is 0 Å². The molecule has 0 radical (unpaired) electrons. The molecule has 0 aliphatic carbocycles. The van der Waals surface area contributed by atoms with Crippen LogP contribution in [0.3, 0.4) is 0 Å². The summed E-state index contributed by atoms with van der Waals surface area (Å²) >= 11 is 0. The molecule has 1 heterocycles. The second-order valence-electron chi connectivity index (χ2n) is 4.91. The Labute approximate surface area is 116 Å². The van der Waals surface area contributed by atoms with Crippen molar-refractivity contribution in [3.8, 4) is 0 Å². The van der Waals surface area contributed by atoms with Crippen LogP contribution in [0.15, 0.2) is 18.2 Å². The number of hydrogen-bond acceptors (Lipinski definition) is 3. The van der Waals surface area contributed by atoms with E-state index in [0.29, 0.717) is 29.8 Å². The van der Waals surface area contributed by atoms with Gasteiger partial charge in [-0.15, -0.1) is 0 Å². The van der Waals surface area contributed by atoms with Crippen LogP contribution in [0.1, 0.15) is 19.2 Å². The van der Waals surface area contributed by atoms with Gasteiger partial charge in [-0.2, -0.15) is 0 Å². The molecule has 0 saturated heterocycles. The van der Waals surface area contributed by atoms with Crippen molar-refractivity contribution in [3.63, 3.8) is 0 Å². The number of imidazole rings is 1. The lowest BCUT2D eigenvalue weighted by Gasteiger charge is -2.08. The first-order valence-electron chi connectivity index (χ1n) is 6.61. The maximum atomic E-state index is 13.5. The number of nitrogens with one attached hydrogen (secondary N) is 2. The van der Waals surface area contributed by atoms with Gasteiger partial charge < -0.3 is 15.4 Å². The standard InChI is InChI=1S/C14H18FN3O2/c1-9(8-19)7-16-13(20)6-5-12-17-11-4-2-3-10(15)14(11)18-12/h2-4,9,19H,5-8H2,1H3,(H,16,20)(H,17,18). The number of aliphatic hydroxyl groups excluding tert-OH is 1. The summed E-state index contributed by atoms with van der Waals surface area (Å²) < 4.78 is 13.5. The molecule has 20 heavy (non-hydrogen) atoms. The molecule has 1 atom stereocenters. The number of H-pyrrole nitrogens is 1. The average Bonchev–Trinajstić information content (AvgIpc) is 2.87. The van der Waals surface area contributed by atoms with Gasteiger partial charge in [-0.3, -0.25) is 4.79 Å². The van der Waals surface area contributed by atoms with Gasteiger partial charge in [0, 0.05) is 26.0 Å². The number of aromatic nitrogens is 2. The van der Waals surface area contributed by atoms with Crippen molar-refractivity contribution in [2.45, 2.75) is 19.8 Å².